The van der Waals surface area contributed by atoms with E-state index in [0.717, 1.165) is 10.5 Å². The largest absolute Gasteiger partial charge is 0.497 e. The number of imide groups is 2. The maximum Gasteiger partial charge on any atom is 0.335 e. The molecular weight excluding hydrogens is 435 g/mol. The number of urea groups is 1. The third-order valence-electron chi connectivity index (χ3n) is 5.70. The van der Waals surface area contributed by atoms with Crippen LogP contribution in [0.5, 0.6) is 5.75 Å². The average molecular weight is 458 g/mol. The van der Waals surface area contributed by atoms with Crippen molar-refractivity contribution in [3.05, 3.63) is 100 Å². The molecule has 0 unspecified atom stereocenters. The number of halogens is 1. The van der Waals surface area contributed by atoms with E-state index in [4.69, 9.17) is 4.74 Å². The summed E-state index contributed by atoms with van der Waals surface area (Å²) in [4.78, 5) is 39.6. The second kappa shape index (κ2) is 9.70. The first-order valence-corrected chi connectivity index (χ1v) is 10.8. The summed E-state index contributed by atoms with van der Waals surface area (Å²) >= 11 is 0. The number of hydrogen-bond acceptors (Lipinski definition) is 4. The zero-order valence-electron chi connectivity index (χ0n) is 18.8. The number of nitrogens with one attached hydrogen (secondary N) is 1. The molecular formula is C27H23FN2O4. The Labute approximate surface area is 196 Å². The molecule has 34 heavy (non-hydrogen) atoms. The Hall–Kier alpha value is -4.26. The Bertz CT molecular complexity index is 1320. The lowest BCUT2D eigenvalue weighted by Gasteiger charge is -2.28. The highest BCUT2D eigenvalue weighted by Gasteiger charge is 2.37. The molecule has 0 saturated carbocycles. The van der Waals surface area contributed by atoms with Gasteiger partial charge in [-0.05, 0) is 59.0 Å². The normalized spacial score (nSPS) is 15.0. The fraction of sp³-hybridized carbons (Fsp3) is 0.148. The van der Waals surface area contributed by atoms with E-state index < -0.39 is 17.8 Å². The number of methoxy groups -OCH3 is 1. The van der Waals surface area contributed by atoms with Crippen molar-refractivity contribution in [3.8, 4) is 5.75 Å². The van der Waals surface area contributed by atoms with Gasteiger partial charge in [-0.2, -0.15) is 0 Å². The Morgan fingerprint density at radius 2 is 1.65 bits per heavy atom. The third-order valence-corrected chi connectivity index (χ3v) is 5.70. The molecule has 6 nitrogen and oxygen atoms in total. The van der Waals surface area contributed by atoms with Crippen LogP contribution in [0, 0.1) is 5.82 Å². The van der Waals surface area contributed by atoms with Crippen molar-refractivity contribution in [1.82, 2.24) is 5.32 Å². The van der Waals surface area contributed by atoms with Crippen LogP contribution in [0.15, 0.2) is 72.3 Å². The first kappa shape index (κ1) is 22.9. The fourth-order valence-electron chi connectivity index (χ4n) is 3.91. The molecule has 0 aromatic heterocycles. The van der Waals surface area contributed by atoms with Crippen LogP contribution in [0.3, 0.4) is 0 Å². The van der Waals surface area contributed by atoms with Crippen molar-refractivity contribution < 1.29 is 23.5 Å². The Kier molecular flexibility index (Phi) is 6.54. The van der Waals surface area contributed by atoms with E-state index in [2.05, 4.69) is 5.32 Å². The molecule has 7 heteroatoms. The standard InChI is InChI=1S/C27H23FN2O4/c1-3-17-8-5-7-11-24(17)30-26(32)22(25(31)29-27(30)33)16-18-12-13-21(34-2)15-20(18)14-19-9-4-6-10-23(19)28/h4-13,15-16H,3,14H2,1-2H3,(H,29,31,33)/b22-16-. The number of benzene rings is 3. The number of para-hydroxylation sites is 1. The predicted octanol–water partition coefficient (Wildman–Crippen LogP) is 4.65. The minimum Gasteiger partial charge on any atom is -0.497 e. The minimum atomic E-state index is -0.797. The van der Waals surface area contributed by atoms with Crippen LogP contribution < -0.4 is 15.0 Å². The molecule has 3 aromatic rings. The van der Waals surface area contributed by atoms with Crippen molar-refractivity contribution in [2.45, 2.75) is 19.8 Å². The van der Waals surface area contributed by atoms with Gasteiger partial charge in [0.2, 0.25) is 0 Å². The number of anilines is 1. The van der Waals surface area contributed by atoms with Crippen molar-refractivity contribution in [2.24, 2.45) is 0 Å². The first-order valence-electron chi connectivity index (χ1n) is 10.8. The lowest BCUT2D eigenvalue weighted by Crippen LogP contribution is -2.54. The van der Waals surface area contributed by atoms with Crippen molar-refractivity contribution >= 4 is 29.6 Å². The van der Waals surface area contributed by atoms with Gasteiger partial charge in [-0.3, -0.25) is 14.9 Å². The average Bonchev–Trinajstić information content (AvgIpc) is 2.84. The molecule has 3 aromatic carbocycles. The molecule has 1 heterocycles. The third kappa shape index (κ3) is 4.45. The van der Waals surface area contributed by atoms with Crippen molar-refractivity contribution in [3.63, 3.8) is 0 Å². The summed E-state index contributed by atoms with van der Waals surface area (Å²) in [5, 5.41) is 2.26. The van der Waals surface area contributed by atoms with Crippen LogP contribution in [-0.2, 0) is 22.4 Å². The Morgan fingerprint density at radius 1 is 0.941 bits per heavy atom. The van der Waals surface area contributed by atoms with E-state index in [1.165, 1.54) is 19.3 Å². The second-order valence-electron chi connectivity index (χ2n) is 7.77. The molecule has 0 aliphatic carbocycles. The maximum absolute atomic E-state index is 14.3. The fourth-order valence-corrected chi connectivity index (χ4v) is 3.91. The van der Waals surface area contributed by atoms with E-state index in [-0.39, 0.29) is 17.8 Å². The molecule has 4 amide bonds. The lowest BCUT2D eigenvalue weighted by molar-refractivity contribution is -0.122. The Morgan fingerprint density at radius 3 is 2.35 bits per heavy atom. The van der Waals surface area contributed by atoms with Gasteiger partial charge in [0.1, 0.15) is 17.1 Å². The van der Waals surface area contributed by atoms with Crippen molar-refractivity contribution in [2.75, 3.05) is 12.0 Å². The van der Waals surface area contributed by atoms with Crippen LogP contribution in [0.4, 0.5) is 14.9 Å². The molecule has 1 saturated heterocycles. The highest BCUT2D eigenvalue weighted by atomic mass is 19.1. The van der Waals surface area contributed by atoms with E-state index in [1.54, 1.807) is 48.5 Å². The van der Waals surface area contributed by atoms with Crippen LogP contribution in [0.25, 0.3) is 6.08 Å². The monoisotopic (exact) mass is 458 g/mol. The number of nitrogens with zero attached hydrogens (tertiary/aromatic N) is 1. The van der Waals surface area contributed by atoms with Crippen LogP contribution in [0.1, 0.15) is 29.2 Å². The summed E-state index contributed by atoms with van der Waals surface area (Å²) in [5.41, 5.74) is 2.70. The molecule has 1 fully saturated rings. The summed E-state index contributed by atoms with van der Waals surface area (Å²) in [5.74, 6) is -1.31. The van der Waals surface area contributed by atoms with Crippen molar-refractivity contribution in [1.29, 1.82) is 0 Å². The van der Waals surface area contributed by atoms with Gasteiger partial charge in [0.05, 0.1) is 12.8 Å². The number of rotatable bonds is 6. The molecule has 1 aliphatic heterocycles. The molecule has 0 atom stereocenters. The molecule has 0 radical (unpaired) electrons. The van der Waals surface area contributed by atoms with Gasteiger partial charge in [-0.1, -0.05) is 49.4 Å². The van der Waals surface area contributed by atoms with Gasteiger partial charge in [0.25, 0.3) is 11.8 Å². The smallest absolute Gasteiger partial charge is 0.335 e. The quantitative estimate of drug-likeness (QED) is 0.431. The number of barbiturate groups is 1. The number of ether oxygens (including phenoxy) is 1. The molecule has 172 valence electrons. The molecule has 0 spiro atoms. The number of aryl methyl sites for hydroxylation is 1. The van der Waals surface area contributed by atoms with Gasteiger partial charge in [-0.25, -0.2) is 14.1 Å². The number of carbonyl (C=O) groups is 3. The molecule has 1 aliphatic rings. The molecule has 0 bridgehead atoms. The first-order chi connectivity index (χ1) is 16.4. The number of amides is 4. The van der Waals surface area contributed by atoms with Crippen LogP contribution in [0.2, 0.25) is 0 Å². The number of hydrogen-bond donors (Lipinski definition) is 1. The maximum atomic E-state index is 14.3. The van der Waals surface area contributed by atoms with Gasteiger partial charge < -0.3 is 4.74 Å². The summed E-state index contributed by atoms with van der Waals surface area (Å²) in [6.07, 6.45) is 2.26. The SMILES string of the molecule is CCc1ccccc1N1C(=O)NC(=O)/C(=C/c2ccc(OC)cc2Cc2ccccc2F)C1=O. The zero-order chi connectivity index (χ0) is 24.2. The van der Waals surface area contributed by atoms with Gasteiger partial charge in [0.15, 0.2) is 0 Å². The molecule has 1 N–H and O–H groups in total. The van der Waals surface area contributed by atoms with Gasteiger partial charge in [-0.15, -0.1) is 0 Å². The van der Waals surface area contributed by atoms with E-state index in [0.29, 0.717) is 34.5 Å². The lowest BCUT2D eigenvalue weighted by atomic mass is 9.96. The van der Waals surface area contributed by atoms with Crippen LogP contribution >= 0.6 is 0 Å². The summed E-state index contributed by atoms with van der Waals surface area (Å²) in [6.45, 7) is 1.92. The van der Waals surface area contributed by atoms with Gasteiger partial charge in [0, 0.05) is 6.42 Å². The van der Waals surface area contributed by atoms with E-state index in [9.17, 15) is 18.8 Å². The predicted molar refractivity (Wildman–Crippen MR) is 127 cm³/mol. The number of carbonyl (C=O) groups excluding carboxylic acids is 3. The highest BCUT2D eigenvalue weighted by molar-refractivity contribution is 6.39. The summed E-state index contributed by atoms with van der Waals surface area (Å²) in [6, 6.07) is 17.8. The van der Waals surface area contributed by atoms with E-state index >= 15 is 0 Å². The molecule has 4 rings (SSSR count). The Balaban J connectivity index is 1.78. The zero-order valence-corrected chi connectivity index (χ0v) is 18.8. The summed E-state index contributed by atoms with van der Waals surface area (Å²) in [7, 11) is 1.52. The minimum absolute atomic E-state index is 0.189. The summed E-state index contributed by atoms with van der Waals surface area (Å²) < 4.78 is 19.6. The second-order valence-corrected chi connectivity index (χ2v) is 7.77. The van der Waals surface area contributed by atoms with Crippen LogP contribution in [-0.4, -0.2) is 25.0 Å². The van der Waals surface area contributed by atoms with Gasteiger partial charge >= 0.3 is 6.03 Å². The van der Waals surface area contributed by atoms with E-state index in [1.807, 2.05) is 19.1 Å². The highest BCUT2D eigenvalue weighted by Crippen LogP contribution is 2.28. The topological polar surface area (TPSA) is 75.7 Å².